The molecular formula is C10H17N3O3S. The van der Waals surface area contributed by atoms with Crippen molar-refractivity contribution >= 4 is 10.0 Å². The summed E-state index contributed by atoms with van der Waals surface area (Å²) >= 11 is 0. The third-order valence-corrected chi connectivity index (χ3v) is 4.66. The van der Waals surface area contributed by atoms with Gasteiger partial charge in [0, 0.05) is 19.3 Å². The van der Waals surface area contributed by atoms with E-state index < -0.39 is 10.0 Å². The van der Waals surface area contributed by atoms with Crippen molar-refractivity contribution in [3.05, 3.63) is 11.4 Å². The normalized spacial score (nSPS) is 18.5. The zero-order valence-electron chi connectivity index (χ0n) is 9.99. The quantitative estimate of drug-likeness (QED) is 0.827. The number of ether oxygens (including phenoxy) is 1. The molecule has 1 aliphatic rings. The second-order valence-electron chi connectivity index (χ2n) is 4.27. The van der Waals surface area contributed by atoms with Gasteiger partial charge in [-0.05, 0) is 26.7 Å². The van der Waals surface area contributed by atoms with Crippen molar-refractivity contribution in [2.45, 2.75) is 37.6 Å². The topological polar surface area (TPSA) is 84.1 Å². The molecule has 1 aromatic rings. The van der Waals surface area contributed by atoms with Crippen LogP contribution in [0.3, 0.4) is 0 Å². The van der Waals surface area contributed by atoms with E-state index in [4.69, 9.17) is 4.74 Å². The van der Waals surface area contributed by atoms with Gasteiger partial charge in [0.05, 0.1) is 11.4 Å². The van der Waals surface area contributed by atoms with Gasteiger partial charge in [-0.3, -0.25) is 5.10 Å². The van der Waals surface area contributed by atoms with Gasteiger partial charge in [0.1, 0.15) is 4.90 Å². The molecule has 7 heteroatoms. The number of hydrogen-bond acceptors (Lipinski definition) is 4. The van der Waals surface area contributed by atoms with Crippen LogP contribution in [-0.4, -0.2) is 37.9 Å². The average molecular weight is 259 g/mol. The molecular weight excluding hydrogens is 242 g/mol. The van der Waals surface area contributed by atoms with Gasteiger partial charge in [-0.1, -0.05) is 0 Å². The molecule has 0 unspecified atom stereocenters. The predicted octanol–water partition coefficient (Wildman–Crippen LogP) is 0.484. The minimum atomic E-state index is -3.48. The Kier molecular flexibility index (Phi) is 3.50. The van der Waals surface area contributed by atoms with Crippen LogP contribution in [0.4, 0.5) is 0 Å². The zero-order chi connectivity index (χ0) is 12.5. The highest BCUT2D eigenvalue weighted by Crippen LogP contribution is 2.18. The smallest absolute Gasteiger partial charge is 0.244 e. The Bertz CT molecular complexity index is 469. The Labute approximate surface area is 101 Å². The lowest BCUT2D eigenvalue weighted by molar-refractivity contribution is 0.0832. The summed E-state index contributed by atoms with van der Waals surface area (Å²) in [6, 6.07) is -0.0394. The summed E-state index contributed by atoms with van der Waals surface area (Å²) in [5, 5.41) is 6.59. The van der Waals surface area contributed by atoms with Crippen LogP contribution < -0.4 is 4.72 Å². The van der Waals surface area contributed by atoms with Gasteiger partial charge < -0.3 is 4.74 Å². The first kappa shape index (κ1) is 12.5. The molecule has 0 aliphatic carbocycles. The molecule has 96 valence electrons. The molecule has 1 saturated heterocycles. The SMILES string of the molecule is Cc1n[nH]c(C)c1S(=O)(=O)NC1CCOCC1. The predicted molar refractivity (Wildman–Crippen MR) is 62.2 cm³/mol. The molecule has 0 spiro atoms. The Morgan fingerprint density at radius 3 is 2.53 bits per heavy atom. The van der Waals surface area contributed by atoms with E-state index in [2.05, 4.69) is 14.9 Å². The number of nitrogens with one attached hydrogen (secondary N) is 2. The number of aromatic amines is 1. The maximum Gasteiger partial charge on any atom is 0.244 e. The molecule has 2 N–H and O–H groups in total. The lowest BCUT2D eigenvalue weighted by Gasteiger charge is -2.22. The molecule has 2 heterocycles. The fourth-order valence-corrected chi connectivity index (χ4v) is 3.71. The van der Waals surface area contributed by atoms with Crippen molar-refractivity contribution in [1.82, 2.24) is 14.9 Å². The van der Waals surface area contributed by atoms with Crippen molar-refractivity contribution < 1.29 is 13.2 Å². The van der Waals surface area contributed by atoms with Crippen LogP contribution >= 0.6 is 0 Å². The van der Waals surface area contributed by atoms with Gasteiger partial charge in [0.15, 0.2) is 0 Å². The first-order valence-electron chi connectivity index (χ1n) is 5.62. The molecule has 1 fully saturated rings. The summed E-state index contributed by atoms with van der Waals surface area (Å²) in [6.07, 6.45) is 1.43. The highest BCUT2D eigenvalue weighted by atomic mass is 32.2. The molecule has 0 saturated carbocycles. The molecule has 0 radical (unpaired) electrons. The van der Waals surface area contributed by atoms with Crippen LogP contribution in [0, 0.1) is 13.8 Å². The summed E-state index contributed by atoms with van der Waals surface area (Å²) in [6.45, 7) is 4.60. The lowest BCUT2D eigenvalue weighted by Crippen LogP contribution is -2.39. The van der Waals surface area contributed by atoms with E-state index in [0.717, 1.165) is 12.8 Å². The van der Waals surface area contributed by atoms with Crippen molar-refractivity contribution in [2.24, 2.45) is 0 Å². The van der Waals surface area contributed by atoms with E-state index >= 15 is 0 Å². The highest BCUT2D eigenvalue weighted by molar-refractivity contribution is 7.89. The van der Waals surface area contributed by atoms with Gasteiger partial charge in [-0.2, -0.15) is 5.10 Å². The number of hydrogen-bond donors (Lipinski definition) is 2. The van der Waals surface area contributed by atoms with E-state index in [9.17, 15) is 8.42 Å². The van der Waals surface area contributed by atoms with Gasteiger partial charge >= 0.3 is 0 Å². The largest absolute Gasteiger partial charge is 0.381 e. The van der Waals surface area contributed by atoms with Crippen LogP contribution in [0.15, 0.2) is 4.90 Å². The summed E-state index contributed by atoms with van der Waals surface area (Å²) in [4.78, 5) is 0.268. The van der Waals surface area contributed by atoms with Crippen LogP contribution in [-0.2, 0) is 14.8 Å². The molecule has 0 amide bonds. The average Bonchev–Trinajstić information content (AvgIpc) is 2.59. The van der Waals surface area contributed by atoms with Gasteiger partial charge in [0.2, 0.25) is 10.0 Å². The number of H-pyrrole nitrogens is 1. The molecule has 6 nitrogen and oxygen atoms in total. The minimum Gasteiger partial charge on any atom is -0.381 e. The lowest BCUT2D eigenvalue weighted by atomic mass is 10.1. The van der Waals surface area contributed by atoms with Gasteiger partial charge in [0.25, 0.3) is 0 Å². The molecule has 0 bridgehead atoms. The maximum atomic E-state index is 12.2. The summed E-state index contributed by atoms with van der Waals surface area (Å²) < 4.78 is 32.3. The highest BCUT2D eigenvalue weighted by Gasteiger charge is 2.26. The number of nitrogens with zero attached hydrogens (tertiary/aromatic N) is 1. The Balaban J connectivity index is 2.19. The summed E-state index contributed by atoms with van der Waals surface area (Å²) in [5.74, 6) is 0. The third-order valence-electron chi connectivity index (χ3n) is 2.87. The van der Waals surface area contributed by atoms with Crippen LogP contribution in [0.5, 0.6) is 0 Å². The second-order valence-corrected chi connectivity index (χ2v) is 5.92. The third kappa shape index (κ3) is 2.67. The van der Waals surface area contributed by atoms with E-state index in [-0.39, 0.29) is 10.9 Å². The Morgan fingerprint density at radius 1 is 1.35 bits per heavy atom. The Hall–Kier alpha value is -0.920. The minimum absolute atomic E-state index is 0.0394. The monoisotopic (exact) mass is 259 g/mol. The van der Waals surface area contributed by atoms with Crippen molar-refractivity contribution in [3.63, 3.8) is 0 Å². The molecule has 17 heavy (non-hydrogen) atoms. The maximum absolute atomic E-state index is 12.2. The first-order valence-corrected chi connectivity index (χ1v) is 7.10. The van der Waals surface area contributed by atoms with Crippen LogP contribution in [0.2, 0.25) is 0 Å². The van der Waals surface area contributed by atoms with E-state index in [1.807, 2.05) is 0 Å². The van der Waals surface area contributed by atoms with Gasteiger partial charge in [-0.15, -0.1) is 0 Å². The van der Waals surface area contributed by atoms with Gasteiger partial charge in [-0.25, -0.2) is 13.1 Å². The number of rotatable bonds is 3. The summed E-state index contributed by atoms with van der Waals surface area (Å²) in [7, 11) is -3.48. The standard InChI is InChI=1S/C10H17N3O3S/c1-7-10(8(2)12-11-7)17(14,15)13-9-3-5-16-6-4-9/h9,13H,3-6H2,1-2H3,(H,11,12). The fourth-order valence-electron chi connectivity index (χ4n) is 2.03. The van der Waals surface area contributed by atoms with E-state index in [0.29, 0.717) is 24.6 Å². The number of aryl methyl sites for hydroxylation is 2. The fraction of sp³-hybridized carbons (Fsp3) is 0.700. The molecule has 1 aliphatic heterocycles. The molecule has 2 rings (SSSR count). The van der Waals surface area contributed by atoms with Crippen LogP contribution in [0.25, 0.3) is 0 Å². The second kappa shape index (κ2) is 4.75. The number of sulfonamides is 1. The van der Waals surface area contributed by atoms with Crippen LogP contribution in [0.1, 0.15) is 24.2 Å². The summed E-state index contributed by atoms with van der Waals surface area (Å²) in [5.41, 5.74) is 1.07. The molecule has 1 aromatic heterocycles. The van der Waals surface area contributed by atoms with E-state index in [1.165, 1.54) is 0 Å². The zero-order valence-corrected chi connectivity index (χ0v) is 10.8. The van der Waals surface area contributed by atoms with Crippen molar-refractivity contribution in [3.8, 4) is 0 Å². The van der Waals surface area contributed by atoms with E-state index in [1.54, 1.807) is 13.8 Å². The Morgan fingerprint density at radius 2 is 2.00 bits per heavy atom. The van der Waals surface area contributed by atoms with Crippen molar-refractivity contribution in [2.75, 3.05) is 13.2 Å². The van der Waals surface area contributed by atoms with Crippen molar-refractivity contribution in [1.29, 1.82) is 0 Å². The first-order chi connectivity index (χ1) is 8.00. The number of aromatic nitrogens is 2. The molecule has 0 aromatic carbocycles. The molecule has 0 atom stereocenters.